The van der Waals surface area contributed by atoms with Gasteiger partial charge in [-0.15, -0.1) is 10.2 Å². The van der Waals surface area contributed by atoms with Gasteiger partial charge >= 0.3 is 0 Å². The molecule has 168 valence electrons. The van der Waals surface area contributed by atoms with Crippen molar-refractivity contribution in [3.05, 3.63) is 79.0 Å². The predicted molar refractivity (Wildman–Crippen MR) is 129 cm³/mol. The molecular formula is C25H23N9. The number of hydrogen-bond donors (Lipinski definition) is 0. The number of benzene rings is 1. The van der Waals surface area contributed by atoms with E-state index in [1.807, 2.05) is 63.0 Å². The molecule has 0 saturated carbocycles. The molecule has 1 aliphatic heterocycles. The Balaban J connectivity index is 1.59. The van der Waals surface area contributed by atoms with Gasteiger partial charge in [0.05, 0.1) is 24.1 Å². The van der Waals surface area contributed by atoms with Crippen molar-refractivity contribution in [2.24, 2.45) is 7.05 Å². The quantitative estimate of drug-likeness (QED) is 0.401. The van der Waals surface area contributed by atoms with Crippen LogP contribution in [0.4, 0.5) is 11.5 Å². The zero-order valence-electron chi connectivity index (χ0n) is 19.2. The number of pyridine rings is 1. The van der Waals surface area contributed by atoms with Gasteiger partial charge in [0.25, 0.3) is 0 Å². The summed E-state index contributed by atoms with van der Waals surface area (Å²) in [7, 11) is 1.91. The summed E-state index contributed by atoms with van der Waals surface area (Å²) in [6.07, 6.45) is 10.2. The lowest BCUT2D eigenvalue weighted by molar-refractivity contribution is 0.587. The van der Waals surface area contributed by atoms with Gasteiger partial charge in [-0.05, 0) is 25.0 Å². The van der Waals surface area contributed by atoms with Crippen molar-refractivity contribution in [1.82, 2.24) is 39.5 Å². The largest absolute Gasteiger partial charge is 0.311 e. The fourth-order valence-corrected chi connectivity index (χ4v) is 4.62. The topological polar surface area (TPSA) is 90.4 Å². The summed E-state index contributed by atoms with van der Waals surface area (Å²) in [6, 6.07) is 12.1. The first kappa shape index (κ1) is 20.2. The minimum atomic E-state index is -0.0355. The van der Waals surface area contributed by atoms with Crippen LogP contribution in [0.15, 0.2) is 67.4 Å². The van der Waals surface area contributed by atoms with Crippen molar-refractivity contribution >= 4 is 11.5 Å². The smallest absolute Gasteiger partial charge is 0.162 e. The number of rotatable bonds is 4. The molecule has 9 heteroatoms. The van der Waals surface area contributed by atoms with Crippen LogP contribution < -0.4 is 4.90 Å². The van der Waals surface area contributed by atoms with E-state index in [2.05, 4.69) is 48.8 Å². The Morgan fingerprint density at radius 1 is 0.971 bits per heavy atom. The van der Waals surface area contributed by atoms with Crippen molar-refractivity contribution < 1.29 is 0 Å². The van der Waals surface area contributed by atoms with Crippen molar-refractivity contribution in [3.63, 3.8) is 0 Å². The second kappa shape index (κ2) is 7.87. The number of hydrogen-bond acceptors (Lipinski definition) is 7. The molecule has 0 aliphatic carbocycles. The molecule has 0 fully saturated rings. The van der Waals surface area contributed by atoms with Crippen molar-refractivity contribution in [2.75, 3.05) is 4.90 Å². The number of aryl methyl sites for hydroxylation is 2. The lowest BCUT2D eigenvalue weighted by Crippen LogP contribution is -2.32. The molecule has 0 bridgehead atoms. The summed E-state index contributed by atoms with van der Waals surface area (Å²) < 4.78 is 3.86. The standard InChI is InChI=1S/C25H23N9/c1-4-21-25-31-30-16(2)33(25)22-14-27-23(29-24(22)34(21)18-12-28-32(3)15-18)19-10-11-26-13-20(19)17-8-6-5-7-9-17/h5-15,21H,4H2,1-3H3. The first-order valence-corrected chi connectivity index (χ1v) is 11.2. The van der Waals surface area contributed by atoms with E-state index in [4.69, 9.17) is 9.97 Å². The number of aromatic nitrogens is 8. The number of fused-ring (bicyclic) bond motifs is 3. The van der Waals surface area contributed by atoms with E-state index in [1.165, 1.54) is 0 Å². The highest BCUT2D eigenvalue weighted by Crippen LogP contribution is 2.44. The van der Waals surface area contributed by atoms with Gasteiger partial charge in [0, 0.05) is 36.8 Å². The molecule has 1 aliphatic rings. The van der Waals surface area contributed by atoms with E-state index < -0.39 is 0 Å². The minimum Gasteiger partial charge on any atom is -0.311 e. The van der Waals surface area contributed by atoms with Crippen LogP contribution in [0, 0.1) is 6.92 Å². The summed E-state index contributed by atoms with van der Waals surface area (Å²) in [5, 5.41) is 13.3. The van der Waals surface area contributed by atoms with Crippen molar-refractivity contribution in [1.29, 1.82) is 0 Å². The van der Waals surface area contributed by atoms with Crippen LogP contribution in [-0.2, 0) is 7.05 Å². The molecule has 1 aromatic carbocycles. The Labute approximate surface area is 196 Å². The SMILES string of the molecule is CCC1c2nnc(C)n2-c2cnc(-c3ccncc3-c3ccccc3)nc2N1c1cnn(C)c1. The van der Waals surface area contributed by atoms with Crippen LogP contribution in [0.2, 0.25) is 0 Å². The van der Waals surface area contributed by atoms with Crippen LogP contribution in [0.1, 0.15) is 31.0 Å². The summed E-state index contributed by atoms with van der Waals surface area (Å²) >= 11 is 0. The Bertz CT molecular complexity index is 1490. The van der Waals surface area contributed by atoms with E-state index in [9.17, 15) is 0 Å². The lowest BCUT2D eigenvalue weighted by Gasteiger charge is -2.36. The molecule has 1 unspecified atom stereocenters. The number of nitrogens with zero attached hydrogens (tertiary/aromatic N) is 9. The molecule has 5 aromatic rings. The molecule has 4 aromatic heterocycles. The van der Waals surface area contributed by atoms with E-state index in [0.717, 1.165) is 52.0 Å². The fraction of sp³-hybridized carbons (Fsp3) is 0.200. The van der Waals surface area contributed by atoms with Crippen LogP contribution in [-0.4, -0.2) is 39.5 Å². The second-order valence-electron chi connectivity index (χ2n) is 8.30. The van der Waals surface area contributed by atoms with Gasteiger partial charge in [-0.3, -0.25) is 14.2 Å². The molecule has 0 spiro atoms. The maximum atomic E-state index is 5.13. The average Bonchev–Trinajstić information content (AvgIpc) is 3.49. The monoisotopic (exact) mass is 449 g/mol. The Hall–Kier alpha value is -4.40. The predicted octanol–water partition coefficient (Wildman–Crippen LogP) is 4.43. The first-order valence-electron chi connectivity index (χ1n) is 11.2. The fourth-order valence-electron chi connectivity index (χ4n) is 4.62. The molecule has 5 heterocycles. The van der Waals surface area contributed by atoms with Crippen molar-refractivity contribution in [3.8, 4) is 28.2 Å². The third-order valence-corrected chi connectivity index (χ3v) is 6.18. The van der Waals surface area contributed by atoms with Gasteiger partial charge in [0.15, 0.2) is 17.5 Å². The summed E-state index contributed by atoms with van der Waals surface area (Å²) in [5.74, 6) is 3.13. The third-order valence-electron chi connectivity index (χ3n) is 6.18. The molecular weight excluding hydrogens is 426 g/mol. The van der Waals surface area contributed by atoms with E-state index in [1.54, 1.807) is 10.9 Å². The number of anilines is 2. The van der Waals surface area contributed by atoms with Gasteiger partial charge in [-0.25, -0.2) is 9.97 Å². The maximum Gasteiger partial charge on any atom is 0.162 e. The van der Waals surface area contributed by atoms with Gasteiger partial charge in [-0.2, -0.15) is 5.10 Å². The van der Waals surface area contributed by atoms with Crippen LogP contribution in [0.25, 0.3) is 28.2 Å². The molecule has 34 heavy (non-hydrogen) atoms. The highest BCUT2D eigenvalue weighted by Gasteiger charge is 2.36. The average molecular weight is 450 g/mol. The van der Waals surface area contributed by atoms with E-state index in [-0.39, 0.29) is 6.04 Å². The Kier molecular flexibility index (Phi) is 4.68. The molecule has 0 amide bonds. The van der Waals surface area contributed by atoms with E-state index in [0.29, 0.717) is 5.82 Å². The van der Waals surface area contributed by atoms with Crippen molar-refractivity contribution in [2.45, 2.75) is 26.3 Å². The lowest BCUT2D eigenvalue weighted by atomic mass is 10.0. The Morgan fingerprint density at radius 3 is 2.59 bits per heavy atom. The second-order valence-corrected chi connectivity index (χ2v) is 8.30. The highest BCUT2D eigenvalue weighted by molar-refractivity contribution is 5.81. The van der Waals surface area contributed by atoms with Gasteiger partial charge in [0.1, 0.15) is 11.5 Å². The molecule has 0 N–H and O–H groups in total. The highest BCUT2D eigenvalue weighted by atomic mass is 15.4. The van der Waals surface area contributed by atoms with Gasteiger partial charge < -0.3 is 4.90 Å². The zero-order chi connectivity index (χ0) is 23.2. The summed E-state index contributed by atoms with van der Waals surface area (Å²) in [5.41, 5.74) is 4.78. The first-order chi connectivity index (χ1) is 16.7. The Morgan fingerprint density at radius 2 is 1.82 bits per heavy atom. The molecule has 9 nitrogen and oxygen atoms in total. The van der Waals surface area contributed by atoms with Gasteiger partial charge in [0.2, 0.25) is 0 Å². The van der Waals surface area contributed by atoms with Crippen LogP contribution in [0.5, 0.6) is 0 Å². The summed E-state index contributed by atoms with van der Waals surface area (Å²) in [4.78, 5) is 16.5. The summed E-state index contributed by atoms with van der Waals surface area (Å²) in [6.45, 7) is 4.10. The molecule has 0 saturated heterocycles. The zero-order valence-corrected chi connectivity index (χ0v) is 19.2. The van der Waals surface area contributed by atoms with Crippen LogP contribution in [0.3, 0.4) is 0 Å². The maximum absolute atomic E-state index is 5.13. The molecule has 1 atom stereocenters. The van der Waals surface area contributed by atoms with Gasteiger partial charge in [-0.1, -0.05) is 37.3 Å². The molecule has 6 rings (SSSR count). The third kappa shape index (κ3) is 3.08. The minimum absolute atomic E-state index is 0.0355. The molecule has 0 radical (unpaired) electrons. The van der Waals surface area contributed by atoms with E-state index >= 15 is 0 Å². The normalized spacial score (nSPS) is 14.7. The van der Waals surface area contributed by atoms with Crippen LogP contribution >= 0.6 is 0 Å².